The SMILES string of the molecule is CCCNC(=O)c1ccc(-c2cc3ncc4ccsc4c3cc2C(=O)Nc2ccc(CN)cc2)c(C(=O)OC)n1. The molecule has 5 rings (SSSR count). The summed E-state index contributed by atoms with van der Waals surface area (Å²) < 4.78 is 6.00. The summed E-state index contributed by atoms with van der Waals surface area (Å²) in [7, 11) is 1.24. The Morgan fingerprint density at radius 1 is 1.00 bits per heavy atom. The molecule has 4 N–H and O–H groups in total. The van der Waals surface area contributed by atoms with E-state index in [9.17, 15) is 14.4 Å². The Morgan fingerprint density at radius 2 is 1.80 bits per heavy atom. The van der Waals surface area contributed by atoms with Crippen molar-refractivity contribution in [1.29, 1.82) is 0 Å². The molecular formula is C30H27N5O4S. The summed E-state index contributed by atoms with van der Waals surface area (Å²) in [5.74, 6) is -1.52. The maximum absolute atomic E-state index is 13.8. The number of thiophene rings is 1. The highest BCUT2D eigenvalue weighted by atomic mass is 32.1. The van der Waals surface area contributed by atoms with Gasteiger partial charge in [-0.1, -0.05) is 19.1 Å². The molecule has 0 aliphatic carbocycles. The highest BCUT2D eigenvalue weighted by Crippen LogP contribution is 2.35. The molecule has 5 aromatic rings. The van der Waals surface area contributed by atoms with Gasteiger partial charge in [-0.05, 0) is 65.4 Å². The van der Waals surface area contributed by atoms with Gasteiger partial charge in [-0.2, -0.15) is 0 Å². The molecule has 2 amide bonds. The zero-order valence-electron chi connectivity index (χ0n) is 22.0. The number of carbonyl (C=O) groups excluding carboxylic acids is 3. The summed E-state index contributed by atoms with van der Waals surface area (Å²) in [4.78, 5) is 48.2. The van der Waals surface area contributed by atoms with Gasteiger partial charge in [0.25, 0.3) is 11.8 Å². The van der Waals surface area contributed by atoms with Crippen molar-refractivity contribution < 1.29 is 19.1 Å². The number of anilines is 1. The average Bonchev–Trinajstić information content (AvgIpc) is 3.48. The highest BCUT2D eigenvalue weighted by Gasteiger charge is 2.24. The number of ether oxygens (including phenoxy) is 1. The van der Waals surface area contributed by atoms with Gasteiger partial charge in [-0.15, -0.1) is 11.3 Å². The van der Waals surface area contributed by atoms with Crippen LogP contribution in [-0.2, 0) is 11.3 Å². The summed E-state index contributed by atoms with van der Waals surface area (Å²) in [6, 6.07) is 15.9. The number of nitrogens with two attached hydrogens (primary N) is 1. The number of nitrogens with one attached hydrogen (secondary N) is 2. The lowest BCUT2D eigenvalue weighted by atomic mass is 9.94. The fourth-order valence-corrected chi connectivity index (χ4v) is 5.27. The van der Waals surface area contributed by atoms with Crippen molar-refractivity contribution in [1.82, 2.24) is 15.3 Å². The Balaban J connectivity index is 1.68. The first kappa shape index (κ1) is 26.9. The molecule has 3 aromatic heterocycles. The fraction of sp³-hybridized carbons (Fsp3) is 0.167. The maximum Gasteiger partial charge on any atom is 0.357 e. The first-order valence-corrected chi connectivity index (χ1v) is 13.6. The molecule has 202 valence electrons. The van der Waals surface area contributed by atoms with E-state index in [4.69, 9.17) is 10.5 Å². The minimum atomic E-state index is -0.731. The summed E-state index contributed by atoms with van der Waals surface area (Å²) in [6.07, 6.45) is 2.53. The smallest absolute Gasteiger partial charge is 0.357 e. The lowest BCUT2D eigenvalue weighted by Gasteiger charge is -2.15. The standard InChI is InChI=1S/C30H27N5O4S/c1-3-11-32-29(37)24-9-8-20(26(35-24)30(38)39-2)21-14-25-23(27-18(16-33-25)10-12-40-27)13-22(21)28(36)34-19-6-4-17(15-31)5-7-19/h4-10,12-14,16H,3,11,15,31H2,1-2H3,(H,32,37)(H,34,36). The number of nitrogens with zero attached hydrogens (tertiary/aromatic N) is 2. The molecule has 2 aromatic carbocycles. The molecule has 40 heavy (non-hydrogen) atoms. The molecule has 9 nitrogen and oxygen atoms in total. The number of aromatic nitrogens is 2. The van der Waals surface area contributed by atoms with Crippen molar-refractivity contribution in [2.75, 3.05) is 19.0 Å². The van der Waals surface area contributed by atoms with Crippen LogP contribution >= 0.6 is 11.3 Å². The van der Waals surface area contributed by atoms with Gasteiger partial charge in [-0.3, -0.25) is 14.6 Å². The van der Waals surface area contributed by atoms with E-state index in [1.54, 1.807) is 47.9 Å². The minimum Gasteiger partial charge on any atom is -0.464 e. The van der Waals surface area contributed by atoms with Gasteiger partial charge in [0, 0.05) is 51.6 Å². The van der Waals surface area contributed by atoms with Crippen LogP contribution < -0.4 is 16.4 Å². The quantitative estimate of drug-likeness (QED) is 0.226. The Bertz CT molecular complexity index is 1750. The largest absolute Gasteiger partial charge is 0.464 e. The number of rotatable bonds is 8. The summed E-state index contributed by atoms with van der Waals surface area (Å²) >= 11 is 1.56. The first-order chi connectivity index (χ1) is 19.4. The van der Waals surface area contributed by atoms with Crippen LogP contribution in [0.3, 0.4) is 0 Å². The second kappa shape index (κ2) is 11.6. The first-order valence-electron chi connectivity index (χ1n) is 12.7. The van der Waals surface area contributed by atoms with Crippen LogP contribution in [0.15, 0.2) is 66.2 Å². The molecule has 3 heterocycles. The van der Waals surface area contributed by atoms with Crippen LogP contribution in [0, 0.1) is 0 Å². The van der Waals surface area contributed by atoms with E-state index in [0.29, 0.717) is 41.0 Å². The van der Waals surface area contributed by atoms with Crippen LogP contribution in [-0.4, -0.2) is 41.4 Å². The number of hydrogen-bond donors (Lipinski definition) is 3. The van der Waals surface area contributed by atoms with Crippen molar-refractivity contribution in [3.8, 4) is 11.1 Å². The lowest BCUT2D eigenvalue weighted by molar-refractivity contribution is 0.0594. The normalized spacial score (nSPS) is 11.0. The van der Waals surface area contributed by atoms with Crippen molar-refractivity contribution in [3.63, 3.8) is 0 Å². The summed E-state index contributed by atoms with van der Waals surface area (Å²) in [5.41, 5.74) is 8.97. The van der Waals surface area contributed by atoms with Crippen LogP contribution in [0.25, 0.3) is 32.1 Å². The van der Waals surface area contributed by atoms with Gasteiger partial charge in [0.1, 0.15) is 5.69 Å². The van der Waals surface area contributed by atoms with E-state index >= 15 is 0 Å². The van der Waals surface area contributed by atoms with E-state index in [1.807, 2.05) is 30.5 Å². The van der Waals surface area contributed by atoms with Crippen molar-refractivity contribution in [2.24, 2.45) is 5.73 Å². The number of esters is 1. The molecular weight excluding hydrogens is 526 g/mol. The molecule has 10 heteroatoms. The molecule has 0 aliphatic rings. The number of benzene rings is 2. The molecule has 0 saturated heterocycles. The molecule has 0 radical (unpaired) electrons. The van der Waals surface area contributed by atoms with E-state index in [2.05, 4.69) is 20.6 Å². The second-order valence-electron chi connectivity index (χ2n) is 9.07. The highest BCUT2D eigenvalue weighted by molar-refractivity contribution is 7.18. The van der Waals surface area contributed by atoms with Gasteiger partial charge in [-0.25, -0.2) is 9.78 Å². The van der Waals surface area contributed by atoms with E-state index in [1.165, 1.54) is 13.2 Å². The second-order valence-corrected chi connectivity index (χ2v) is 9.99. The zero-order chi connectivity index (χ0) is 28.2. The summed E-state index contributed by atoms with van der Waals surface area (Å²) in [6.45, 7) is 2.80. The van der Waals surface area contributed by atoms with Gasteiger partial charge in [0.2, 0.25) is 0 Å². The van der Waals surface area contributed by atoms with E-state index in [0.717, 1.165) is 27.5 Å². The van der Waals surface area contributed by atoms with Gasteiger partial charge >= 0.3 is 5.97 Å². The number of fused-ring (bicyclic) bond motifs is 3. The Kier molecular flexibility index (Phi) is 7.81. The minimum absolute atomic E-state index is 0.0720. The van der Waals surface area contributed by atoms with Gasteiger partial charge in [0.05, 0.1) is 12.6 Å². The number of amides is 2. The number of methoxy groups -OCH3 is 1. The van der Waals surface area contributed by atoms with Crippen LogP contribution in [0.2, 0.25) is 0 Å². The third-order valence-corrected chi connectivity index (χ3v) is 7.41. The van der Waals surface area contributed by atoms with Crippen LogP contribution in [0.1, 0.15) is 50.2 Å². The molecule has 0 aliphatic heterocycles. The predicted molar refractivity (Wildman–Crippen MR) is 157 cm³/mol. The summed E-state index contributed by atoms with van der Waals surface area (Å²) in [5, 5.41) is 9.45. The van der Waals surface area contributed by atoms with Crippen molar-refractivity contribution in [2.45, 2.75) is 19.9 Å². The maximum atomic E-state index is 13.8. The lowest BCUT2D eigenvalue weighted by Crippen LogP contribution is -2.26. The topological polar surface area (TPSA) is 136 Å². The predicted octanol–water partition coefficient (Wildman–Crippen LogP) is 5.15. The van der Waals surface area contributed by atoms with Gasteiger partial charge < -0.3 is 21.1 Å². The van der Waals surface area contributed by atoms with E-state index in [-0.39, 0.29) is 17.3 Å². The van der Waals surface area contributed by atoms with Crippen LogP contribution in [0.4, 0.5) is 5.69 Å². The Labute approximate surface area is 234 Å². The van der Waals surface area contributed by atoms with Crippen molar-refractivity contribution in [3.05, 3.63) is 88.7 Å². The van der Waals surface area contributed by atoms with E-state index < -0.39 is 11.9 Å². The molecule has 0 saturated carbocycles. The fourth-order valence-electron chi connectivity index (χ4n) is 4.37. The molecule has 0 bridgehead atoms. The third kappa shape index (κ3) is 5.27. The third-order valence-electron chi connectivity index (χ3n) is 6.44. The number of carbonyl (C=O) groups is 3. The van der Waals surface area contributed by atoms with Crippen LogP contribution in [0.5, 0.6) is 0 Å². The molecule has 0 atom stereocenters. The van der Waals surface area contributed by atoms with Gasteiger partial charge in [0.15, 0.2) is 5.69 Å². The Hall–Kier alpha value is -4.67. The average molecular weight is 554 g/mol. The van der Waals surface area contributed by atoms with Crippen molar-refractivity contribution >= 4 is 55.8 Å². The number of hydrogen-bond acceptors (Lipinski definition) is 8. The zero-order valence-corrected chi connectivity index (χ0v) is 22.8. The molecule has 0 spiro atoms. The Morgan fingerprint density at radius 3 is 2.52 bits per heavy atom. The molecule has 0 fully saturated rings. The monoisotopic (exact) mass is 553 g/mol. The molecule has 0 unspecified atom stereocenters. The number of pyridine rings is 2.